The lowest BCUT2D eigenvalue weighted by Gasteiger charge is -2.34. The number of nitrogens with zero attached hydrogens (tertiary/aromatic N) is 2. The highest BCUT2D eigenvalue weighted by Gasteiger charge is 2.26. The summed E-state index contributed by atoms with van der Waals surface area (Å²) in [6.45, 7) is 3.73. The van der Waals surface area contributed by atoms with Crippen LogP contribution in [0.3, 0.4) is 0 Å². The number of aromatic nitrogens is 1. The van der Waals surface area contributed by atoms with Crippen molar-refractivity contribution in [3.05, 3.63) is 54.4 Å². The normalized spacial score (nSPS) is 17.0. The number of aliphatic hydroxyl groups excluding tert-OH is 1. The fourth-order valence-electron chi connectivity index (χ4n) is 3.49. The molecule has 0 saturated carbocycles. The summed E-state index contributed by atoms with van der Waals surface area (Å²) in [4.78, 5) is 6.74. The predicted octanol–water partition coefficient (Wildman–Crippen LogP) is 3.30. The zero-order valence-corrected chi connectivity index (χ0v) is 15.4. The van der Waals surface area contributed by atoms with Crippen LogP contribution in [-0.2, 0) is 0 Å². The molecule has 0 unspecified atom stereocenters. The molecule has 1 aliphatic heterocycles. The maximum atomic E-state index is 10.5. The number of para-hydroxylation sites is 2. The molecule has 1 fully saturated rings. The van der Waals surface area contributed by atoms with E-state index >= 15 is 0 Å². The molecule has 1 aliphatic rings. The Balaban J connectivity index is 1.37. The third-order valence-corrected chi connectivity index (χ3v) is 5.01. The van der Waals surface area contributed by atoms with Gasteiger partial charge in [0, 0.05) is 12.7 Å². The molecule has 5 heteroatoms. The summed E-state index contributed by atoms with van der Waals surface area (Å²) < 4.78 is 11.1. The highest BCUT2D eigenvalue weighted by molar-refractivity contribution is 5.39. The van der Waals surface area contributed by atoms with Gasteiger partial charge in [-0.15, -0.1) is 0 Å². The molecule has 1 saturated heterocycles. The van der Waals surface area contributed by atoms with Gasteiger partial charge in [-0.25, -0.2) is 0 Å². The highest BCUT2D eigenvalue weighted by atomic mass is 16.5. The van der Waals surface area contributed by atoms with E-state index in [1.165, 1.54) is 0 Å². The number of hydrogen-bond donors (Lipinski definition) is 1. The summed E-state index contributed by atoms with van der Waals surface area (Å²) in [7, 11) is 1.66. The number of benzene rings is 1. The predicted molar refractivity (Wildman–Crippen MR) is 101 cm³/mol. The van der Waals surface area contributed by atoms with Crippen molar-refractivity contribution in [2.75, 3.05) is 33.4 Å². The van der Waals surface area contributed by atoms with E-state index in [0.29, 0.717) is 12.5 Å². The van der Waals surface area contributed by atoms with Crippen molar-refractivity contribution in [2.45, 2.75) is 25.4 Å². The SMILES string of the molecule is COc1ccccc1OCCCN1CCC([C@H](O)c2ccccn2)CC1. The molecule has 0 radical (unpaired) electrons. The van der Waals surface area contributed by atoms with E-state index in [4.69, 9.17) is 9.47 Å². The second-order valence-electron chi connectivity index (χ2n) is 6.73. The van der Waals surface area contributed by atoms with Gasteiger partial charge in [0.1, 0.15) is 0 Å². The lowest BCUT2D eigenvalue weighted by Crippen LogP contribution is -2.36. The molecule has 26 heavy (non-hydrogen) atoms. The van der Waals surface area contributed by atoms with Crippen LogP contribution in [0.25, 0.3) is 0 Å². The number of likely N-dealkylation sites (tertiary alicyclic amines) is 1. The second kappa shape index (κ2) is 9.55. The molecular weight excluding hydrogens is 328 g/mol. The average Bonchev–Trinajstić information content (AvgIpc) is 2.72. The highest BCUT2D eigenvalue weighted by Crippen LogP contribution is 2.30. The molecule has 140 valence electrons. The molecule has 1 N–H and O–H groups in total. The van der Waals surface area contributed by atoms with Gasteiger partial charge in [-0.3, -0.25) is 4.98 Å². The molecule has 0 bridgehead atoms. The first-order chi connectivity index (χ1) is 12.8. The molecule has 1 aromatic carbocycles. The van der Waals surface area contributed by atoms with Gasteiger partial charge in [0.25, 0.3) is 0 Å². The summed E-state index contributed by atoms with van der Waals surface area (Å²) in [5.74, 6) is 1.87. The van der Waals surface area contributed by atoms with Crippen molar-refractivity contribution < 1.29 is 14.6 Å². The van der Waals surface area contributed by atoms with Crippen LogP contribution in [-0.4, -0.2) is 48.3 Å². The number of piperidine rings is 1. The molecular formula is C21H28N2O3. The van der Waals surface area contributed by atoms with Crippen molar-refractivity contribution in [1.82, 2.24) is 9.88 Å². The monoisotopic (exact) mass is 356 g/mol. The molecule has 2 heterocycles. The lowest BCUT2D eigenvalue weighted by atomic mass is 9.89. The van der Waals surface area contributed by atoms with Crippen LogP contribution in [0, 0.1) is 5.92 Å². The zero-order chi connectivity index (χ0) is 18.2. The van der Waals surface area contributed by atoms with E-state index in [0.717, 1.165) is 56.1 Å². The van der Waals surface area contributed by atoms with Crippen LogP contribution < -0.4 is 9.47 Å². The quantitative estimate of drug-likeness (QED) is 0.736. The van der Waals surface area contributed by atoms with Gasteiger partial charge >= 0.3 is 0 Å². The first-order valence-electron chi connectivity index (χ1n) is 9.35. The van der Waals surface area contributed by atoms with Crippen LogP contribution in [0.2, 0.25) is 0 Å². The first-order valence-corrected chi connectivity index (χ1v) is 9.35. The van der Waals surface area contributed by atoms with Crippen LogP contribution in [0.5, 0.6) is 11.5 Å². The summed E-state index contributed by atoms with van der Waals surface area (Å²) in [5.41, 5.74) is 0.788. The number of hydrogen-bond acceptors (Lipinski definition) is 5. The summed E-state index contributed by atoms with van der Waals surface area (Å²) in [6, 6.07) is 13.5. The maximum absolute atomic E-state index is 10.5. The molecule has 1 atom stereocenters. The van der Waals surface area contributed by atoms with Crippen molar-refractivity contribution in [3.63, 3.8) is 0 Å². The van der Waals surface area contributed by atoms with Crippen molar-refractivity contribution >= 4 is 0 Å². The summed E-state index contributed by atoms with van der Waals surface area (Å²) >= 11 is 0. The standard InChI is InChI=1S/C21H28N2O3/c1-25-19-8-2-3-9-20(19)26-16-6-13-23-14-10-17(11-15-23)21(24)18-7-4-5-12-22-18/h2-5,7-9,12,17,21,24H,6,10-11,13-16H2,1H3/t21-/m0/s1. The van der Waals surface area contributed by atoms with Crippen LogP contribution >= 0.6 is 0 Å². The van der Waals surface area contributed by atoms with Gasteiger partial charge in [-0.2, -0.15) is 0 Å². The Morgan fingerprint density at radius 2 is 1.85 bits per heavy atom. The van der Waals surface area contributed by atoms with Crippen LogP contribution in [0.4, 0.5) is 0 Å². The van der Waals surface area contributed by atoms with Gasteiger partial charge in [0.15, 0.2) is 11.5 Å². The van der Waals surface area contributed by atoms with E-state index < -0.39 is 6.10 Å². The lowest BCUT2D eigenvalue weighted by molar-refractivity contribution is 0.0547. The van der Waals surface area contributed by atoms with E-state index in [9.17, 15) is 5.11 Å². The molecule has 5 nitrogen and oxygen atoms in total. The number of ether oxygens (including phenoxy) is 2. The Bertz CT molecular complexity index is 657. The third-order valence-electron chi connectivity index (χ3n) is 5.01. The van der Waals surface area contributed by atoms with Crippen molar-refractivity contribution in [3.8, 4) is 11.5 Å². The Hall–Kier alpha value is -2.11. The van der Waals surface area contributed by atoms with Gasteiger partial charge < -0.3 is 19.5 Å². The Kier molecular flexibility index (Phi) is 6.86. The molecule has 0 amide bonds. The fourth-order valence-corrected chi connectivity index (χ4v) is 3.49. The molecule has 0 aliphatic carbocycles. The Morgan fingerprint density at radius 3 is 2.54 bits per heavy atom. The average molecular weight is 356 g/mol. The minimum Gasteiger partial charge on any atom is -0.493 e. The third kappa shape index (κ3) is 4.96. The molecule has 1 aromatic heterocycles. The number of aliphatic hydroxyl groups is 1. The van der Waals surface area contributed by atoms with Crippen molar-refractivity contribution in [1.29, 1.82) is 0 Å². The first kappa shape index (κ1) is 18.7. The minimum atomic E-state index is -0.452. The van der Waals surface area contributed by atoms with Crippen LogP contribution in [0.15, 0.2) is 48.7 Å². The molecule has 0 spiro atoms. The van der Waals surface area contributed by atoms with E-state index in [1.54, 1.807) is 13.3 Å². The number of methoxy groups -OCH3 is 1. The Morgan fingerprint density at radius 1 is 1.12 bits per heavy atom. The fraction of sp³-hybridized carbons (Fsp3) is 0.476. The van der Waals surface area contributed by atoms with Crippen molar-refractivity contribution in [2.24, 2.45) is 5.92 Å². The van der Waals surface area contributed by atoms with E-state index in [-0.39, 0.29) is 0 Å². The number of pyridine rings is 1. The summed E-state index contributed by atoms with van der Waals surface area (Å²) in [6.07, 6.45) is 4.28. The largest absolute Gasteiger partial charge is 0.493 e. The van der Waals surface area contributed by atoms with Gasteiger partial charge in [0.2, 0.25) is 0 Å². The van der Waals surface area contributed by atoms with Gasteiger partial charge in [-0.05, 0) is 62.5 Å². The topological polar surface area (TPSA) is 54.8 Å². The van der Waals surface area contributed by atoms with E-state index in [1.807, 2.05) is 42.5 Å². The molecule has 2 aromatic rings. The second-order valence-corrected chi connectivity index (χ2v) is 6.73. The van der Waals surface area contributed by atoms with Crippen LogP contribution in [0.1, 0.15) is 31.1 Å². The van der Waals surface area contributed by atoms with E-state index in [2.05, 4.69) is 9.88 Å². The van der Waals surface area contributed by atoms with Gasteiger partial charge in [0.05, 0.1) is 25.5 Å². The zero-order valence-electron chi connectivity index (χ0n) is 15.4. The van der Waals surface area contributed by atoms with Gasteiger partial charge in [-0.1, -0.05) is 18.2 Å². The maximum Gasteiger partial charge on any atom is 0.161 e. The molecule has 3 rings (SSSR count). The smallest absolute Gasteiger partial charge is 0.161 e. The Labute approximate surface area is 155 Å². The summed E-state index contributed by atoms with van der Waals surface area (Å²) in [5, 5.41) is 10.5. The minimum absolute atomic E-state index is 0.297. The number of rotatable bonds is 8.